The fraction of sp³-hybridized carbons (Fsp3) is 0.667. The first-order valence-corrected chi connectivity index (χ1v) is 6.54. The van der Waals surface area contributed by atoms with Crippen LogP contribution in [0.3, 0.4) is 0 Å². The van der Waals surface area contributed by atoms with Crippen LogP contribution in [0.4, 0.5) is 0 Å². The van der Waals surface area contributed by atoms with Gasteiger partial charge in [-0.25, -0.2) is 8.42 Å². The molecule has 1 aromatic heterocycles. The second-order valence-electron chi connectivity index (χ2n) is 3.73. The molecule has 0 bridgehead atoms. The van der Waals surface area contributed by atoms with E-state index >= 15 is 0 Å². The molecule has 0 saturated carbocycles. The van der Waals surface area contributed by atoms with Crippen molar-refractivity contribution in [3.8, 4) is 0 Å². The van der Waals surface area contributed by atoms with Crippen LogP contribution in [0.15, 0.2) is 11.1 Å². The molecule has 0 N–H and O–H groups in total. The summed E-state index contributed by atoms with van der Waals surface area (Å²) >= 11 is 0. The molecule has 0 radical (unpaired) electrons. The lowest BCUT2D eigenvalue weighted by Gasteiger charge is -2.25. The Hall–Kier alpha value is -0.920. The minimum absolute atomic E-state index is 0.289. The van der Waals surface area contributed by atoms with Gasteiger partial charge in [0.25, 0.3) is 0 Å². The summed E-state index contributed by atoms with van der Waals surface area (Å²) in [5, 5.41) is 3.96. The molecular formula is C9H15N3O3S. The number of ether oxygens (including phenoxy) is 1. The minimum Gasteiger partial charge on any atom is -0.379 e. The molecule has 0 aliphatic carbocycles. The third-order valence-electron chi connectivity index (χ3n) is 2.78. The second-order valence-corrected chi connectivity index (χ2v) is 5.64. The molecule has 16 heavy (non-hydrogen) atoms. The standard InChI is InChI=1S/C9H15N3O3S/c1-8-9(7-10-11(8)2)16(13,14)12-3-5-15-6-4-12/h7H,3-6H2,1-2H3. The van der Waals surface area contributed by atoms with Crippen molar-refractivity contribution in [2.75, 3.05) is 26.3 Å². The van der Waals surface area contributed by atoms with Crippen LogP contribution < -0.4 is 0 Å². The van der Waals surface area contributed by atoms with Crippen molar-refractivity contribution >= 4 is 10.0 Å². The van der Waals surface area contributed by atoms with E-state index in [4.69, 9.17) is 4.74 Å². The van der Waals surface area contributed by atoms with Gasteiger partial charge in [0.05, 0.1) is 25.1 Å². The van der Waals surface area contributed by atoms with E-state index in [0.29, 0.717) is 32.0 Å². The highest BCUT2D eigenvalue weighted by Crippen LogP contribution is 2.19. The fourth-order valence-electron chi connectivity index (χ4n) is 1.66. The summed E-state index contributed by atoms with van der Waals surface area (Å²) in [6, 6.07) is 0. The van der Waals surface area contributed by atoms with Crippen molar-refractivity contribution in [3.63, 3.8) is 0 Å². The number of aryl methyl sites for hydroxylation is 1. The predicted molar refractivity (Wildman–Crippen MR) is 57.5 cm³/mol. The zero-order valence-corrected chi connectivity index (χ0v) is 10.2. The van der Waals surface area contributed by atoms with Crippen LogP contribution in [0, 0.1) is 6.92 Å². The van der Waals surface area contributed by atoms with Crippen LogP contribution in [0.1, 0.15) is 5.69 Å². The summed E-state index contributed by atoms with van der Waals surface area (Å²) in [7, 11) is -1.67. The molecule has 2 heterocycles. The van der Waals surface area contributed by atoms with Gasteiger partial charge in [-0.05, 0) is 6.92 Å². The molecule has 0 aromatic carbocycles. The SMILES string of the molecule is Cc1c(S(=O)(=O)N2CCOCC2)cnn1C. The predicted octanol–water partition coefficient (Wildman–Crippen LogP) is -0.251. The van der Waals surface area contributed by atoms with Crippen LogP contribution in [0.2, 0.25) is 0 Å². The normalized spacial score (nSPS) is 18.9. The Morgan fingerprint density at radius 1 is 1.38 bits per heavy atom. The first-order valence-electron chi connectivity index (χ1n) is 5.10. The number of rotatable bonds is 2. The van der Waals surface area contributed by atoms with Crippen LogP contribution in [0.25, 0.3) is 0 Å². The molecule has 1 aromatic rings. The Labute approximate surface area is 94.9 Å². The number of hydrogen-bond donors (Lipinski definition) is 0. The van der Waals surface area contributed by atoms with Crippen LogP contribution in [-0.4, -0.2) is 48.8 Å². The highest BCUT2D eigenvalue weighted by atomic mass is 32.2. The molecule has 1 aliphatic heterocycles. The maximum Gasteiger partial charge on any atom is 0.246 e. The molecule has 1 fully saturated rings. The quantitative estimate of drug-likeness (QED) is 0.720. The van der Waals surface area contributed by atoms with E-state index in [1.807, 2.05) is 0 Å². The molecule has 0 spiro atoms. The van der Waals surface area contributed by atoms with Gasteiger partial charge in [0.15, 0.2) is 0 Å². The highest BCUT2D eigenvalue weighted by Gasteiger charge is 2.29. The van der Waals surface area contributed by atoms with E-state index < -0.39 is 10.0 Å². The molecule has 7 heteroatoms. The topological polar surface area (TPSA) is 64.4 Å². The van der Waals surface area contributed by atoms with Gasteiger partial charge in [0.1, 0.15) is 4.90 Å². The molecule has 1 aliphatic rings. The number of morpholine rings is 1. The van der Waals surface area contributed by atoms with Crippen molar-refractivity contribution in [2.24, 2.45) is 7.05 Å². The molecule has 0 amide bonds. The number of hydrogen-bond acceptors (Lipinski definition) is 4. The summed E-state index contributed by atoms with van der Waals surface area (Å²) in [4.78, 5) is 0.289. The molecule has 1 saturated heterocycles. The van der Waals surface area contributed by atoms with Gasteiger partial charge in [0, 0.05) is 20.1 Å². The Morgan fingerprint density at radius 3 is 2.50 bits per heavy atom. The molecule has 0 atom stereocenters. The lowest BCUT2D eigenvalue weighted by Crippen LogP contribution is -2.40. The lowest BCUT2D eigenvalue weighted by atomic mass is 10.5. The Kier molecular flexibility index (Phi) is 3.00. The van der Waals surface area contributed by atoms with Crippen molar-refractivity contribution in [2.45, 2.75) is 11.8 Å². The van der Waals surface area contributed by atoms with E-state index in [0.717, 1.165) is 0 Å². The second kappa shape index (κ2) is 4.15. The molecule has 2 rings (SSSR count). The zero-order chi connectivity index (χ0) is 11.8. The maximum atomic E-state index is 12.2. The summed E-state index contributed by atoms with van der Waals surface area (Å²) in [6.45, 7) is 3.49. The van der Waals surface area contributed by atoms with E-state index in [2.05, 4.69) is 5.10 Å². The lowest BCUT2D eigenvalue weighted by molar-refractivity contribution is 0.0730. The summed E-state index contributed by atoms with van der Waals surface area (Å²) in [5.74, 6) is 0. The Balaban J connectivity index is 2.34. The van der Waals surface area contributed by atoms with E-state index in [1.54, 1.807) is 18.7 Å². The van der Waals surface area contributed by atoms with E-state index in [-0.39, 0.29) is 4.90 Å². The molecule has 90 valence electrons. The number of aromatic nitrogens is 2. The van der Waals surface area contributed by atoms with Crippen molar-refractivity contribution in [1.82, 2.24) is 14.1 Å². The first kappa shape index (κ1) is 11.6. The van der Waals surface area contributed by atoms with Gasteiger partial charge in [0.2, 0.25) is 10.0 Å². The van der Waals surface area contributed by atoms with Crippen LogP contribution in [-0.2, 0) is 21.8 Å². The zero-order valence-electron chi connectivity index (χ0n) is 9.38. The smallest absolute Gasteiger partial charge is 0.246 e. The third-order valence-corrected chi connectivity index (χ3v) is 4.78. The average Bonchev–Trinajstić information content (AvgIpc) is 2.61. The molecule has 6 nitrogen and oxygen atoms in total. The van der Waals surface area contributed by atoms with Gasteiger partial charge in [-0.2, -0.15) is 9.40 Å². The van der Waals surface area contributed by atoms with Crippen LogP contribution in [0.5, 0.6) is 0 Å². The van der Waals surface area contributed by atoms with Crippen molar-refractivity contribution in [1.29, 1.82) is 0 Å². The van der Waals surface area contributed by atoms with Crippen LogP contribution >= 0.6 is 0 Å². The number of sulfonamides is 1. The van der Waals surface area contributed by atoms with Crippen molar-refractivity contribution in [3.05, 3.63) is 11.9 Å². The Morgan fingerprint density at radius 2 is 2.00 bits per heavy atom. The minimum atomic E-state index is -3.40. The van der Waals surface area contributed by atoms with Gasteiger partial charge >= 0.3 is 0 Å². The van der Waals surface area contributed by atoms with Gasteiger partial charge in [-0.1, -0.05) is 0 Å². The summed E-state index contributed by atoms with van der Waals surface area (Å²) in [6.07, 6.45) is 1.40. The highest BCUT2D eigenvalue weighted by molar-refractivity contribution is 7.89. The average molecular weight is 245 g/mol. The monoisotopic (exact) mass is 245 g/mol. The maximum absolute atomic E-state index is 12.2. The van der Waals surface area contributed by atoms with Crippen molar-refractivity contribution < 1.29 is 13.2 Å². The Bertz CT molecular complexity index is 474. The molecule has 0 unspecified atom stereocenters. The van der Waals surface area contributed by atoms with E-state index in [1.165, 1.54) is 10.5 Å². The van der Waals surface area contributed by atoms with Gasteiger partial charge in [-0.3, -0.25) is 4.68 Å². The van der Waals surface area contributed by atoms with Gasteiger partial charge in [-0.15, -0.1) is 0 Å². The summed E-state index contributed by atoms with van der Waals surface area (Å²) in [5.41, 5.74) is 0.659. The fourth-order valence-corrected chi connectivity index (χ4v) is 3.25. The third kappa shape index (κ3) is 1.85. The van der Waals surface area contributed by atoms with Gasteiger partial charge < -0.3 is 4.74 Å². The first-order chi connectivity index (χ1) is 7.53. The van der Waals surface area contributed by atoms with E-state index in [9.17, 15) is 8.42 Å². The molecular weight excluding hydrogens is 230 g/mol. The summed E-state index contributed by atoms with van der Waals surface area (Å²) < 4.78 is 32.6. The largest absolute Gasteiger partial charge is 0.379 e. The number of nitrogens with zero attached hydrogens (tertiary/aromatic N) is 3.